The SMILES string of the molecule is CC(C)c1noc(-c2ccnc(-n3cnc(C(=O)NCc4cccs4)c3)c2)n1. The van der Waals surface area contributed by atoms with E-state index in [4.69, 9.17) is 4.52 Å². The van der Waals surface area contributed by atoms with Crippen molar-refractivity contribution in [2.24, 2.45) is 0 Å². The lowest BCUT2D eigenvalue weighted by Gasteiger charge is -2.02. The highest BCUT2D eigenvalue weighted by molar-refractivity contribution is 7.09. The maximum absolute atomic E-state index is 12.3. The Kier molecular flexibility index (Phi) is 4.98. The summed E-state index contributed by atoms with van der Waals surface area (Å²) >= 11 is 1.59. The van der Waals surface area contributed by atoms with Crippen molar-refractivity contribution in [2.45, 2.75) is 26.3 Å². The normalized spacial score (nSPS) is 11.1. The van der Waals surface area contributed by atoms with Gasteiger partial charge < -0.3 is 9.84 Å². The second-order valence-electron chi connectivity index (χ2n) is 6.44. The molecule has 28 heavy (non-hydrogen) atoms. The van der Waals surface area contributed by atoms with Crippen LogP contribution in [-0.2, 0) is 6.54 Å². The third-order valence-electron chi connectivity index (χ3n) is 4.03. The molecule has 0 radical (unpaired) electrons. The van der Waals surface area contributed by atoms with Crippen LogP contribution in [0.1, 0.15) is 41.0 Å². The molecule has 8 nitrogen and oxygen atoms in total. The molecular formula is C19H18N6O2S. The van der Waals surface area contributed by atoms with Gasteiger partial charge in [0.1, 0.15) is 17.8 Å². The number of pyridine rings is 1. The molecule has 0 bridgehead atoms. The zero-order valence-electron chi connectivity index (χ0n) is 15.4. The third kappa shape index (κ3) is 3.84. The molecule has 0 aliphatic carbocycles. The second kappa shape index (κ2) is 7.73. The highest BCUT2D eigenvalue weighted by atomic mass is 32.1. The number of thiophene rings is 1. The fourth-order valence-electron chi connectivity index (χ4n) is 2.52. The summed E-state index contributed by atoms with van der Waals surface area (Å²) < 4.78 is 7.02. The van der Waals surface area contributed by atoms with Gasteiger partial charge in [0, 0.05) is 28.8 Å². The molecule has 1 N–H and O–H groups in total. The van der Waals surface area contributed by atoms with Crippen LogP contribution < -0.4 is 5.32 Å². The van der Waals surface area contributed by atoms with Gasteiger partial charge in [-0.1, -0.05) is 25.1 Å². The standard InChI is InChI=1S/C19H18N6O2S/c1-12(2)17-23-19(27-24-17)13-5-6-20-16(8-13)25-10-15(22-11-25)18(26)21-9-14-4-3-7-28-14/h3-8,10-12H,9H2,1-2H3,(H,21,26). The van der Waals surface area contributed by atoms with Crippen LogP contribution in [-0.4, -0.2) is 30.6 Å². The molecule has 0 aliphatic heterocycles. The molecule has 0 atom stereocenters. The lowest BCUT2D eigenvalue weighted by atomic mass is 10.2. The number of carbonyl (C=O) groups excluding carboxylic acids is 1. The van der Waals surface area contributed by atoms with Gasteiger partial charge in [-0.05, 0) is 23.6 Å². The molecule has 4 aromatic rings. The van der Waals surface area contributed by atoms with E-state index in [1.54, 1.807) is 40.7 Å². The fraction of sp³-hybridized carbons (Fsp3) is 0.211. The molecule has 4 heterocycles. The van der Waals surface area contributed by atoms with Gasteiger partial charge in [-0.2, -0.15) is 4.98 Å². The van der Waals surface area contributed by atoms with Crippen molar-refractivity contribution in [1.29, 1.82) is 0 Å². The Morgan fingerprint density at radius 1 is 1.32 bits per heavy atom. The molecular weight excluding hydrogens is 376 g/mol. The number of imidazole rings is 1. The zero-order valence-corrected chi connectivity index (χ0v) is 16.2. The van der Waals surface area contributed by atoms with Crippen molar-refractivity contribution in [3.05, 3.63) is 64.8 Å². The van der Waals surface area contributed by atoms with E-state index in [1.165, 1.54) is 0 Å². The largest absolute Gasteiger partial charge is 0.346 e. The highest BCUT2D eigenvalue weighted by Crippen LogP contribution is 2.21. The van der Waals surface area contributed by atoms with Crippen LogP contribution >= 0.6 is 11.3 Å². The predicted molar refractivity (Wildman–Crippen MR) is 104 cm³/mol. The van der Waals surface area contributed by atoms with Crippen molar-refractivity contribution < 1.29 is 9.32 Å². The summed E-state index contributed by atoms with van der Waals surface area (Å²) in [5.41, 5.74) is 1.07. The molecule has 0 saturated heterocycles. The molecule has 0 saturated carbocycles. The van der Waals surface area contributed by atoms with Crippen molar-refractivity contribution >= 4 is 17.2 Å². The monoisotopic (exact) mass is 394 g/mol. The first kappa shape index (κ1) is 18.1. The lowest BCUT2D eigenvalue weighted by Crippen LogP contribution is -2.22. The number of carbonyl (C=O) groups is 1. The van der Waals surface area contributed by atoms with Gasteiger partial charge in [-0.25, -0.2) is 9.97 Å². The van der Waals surface area contributed by atoms with Crippen LogP contribution in [0.4, 0.5) is 0 Å². The molecule has 0 aromatic carbocycles. The Labute approximate surface area is 165 Å². The third-order valence-corrected chi connectivity index (χ3v) is 4.91. The number of hydrogen-bond donors (Lipinski definition) is 1. The van der Waals surface area contributed by atoms with Crippen LogP contribution in [0, 0.1) is 0 Å². The van der Waals surface area contributed by atoms with E-state index in [-0.39, 0.29) is 11.8 Å². The number of nitrogens with one attached hydrogen (secondary N) is 1. The highest BCUT2D eigenvalue weighted by Gasteiger charge is 2.14. The fourth-order valence-corrected chi connectivity index (χ4v) is 3.16. The average Bonchev–Trinajstić information content (AvgIpc) is 3.48. The summed E-state index contributed by atoms with van der Waals surface area (Å²) in [7, 11) is 0. The summed E-state index contributed by atoms with van der Waals surface area (Å²) in [6.45, 7) is 4.48. The van der Waals surface area contributed by atoms with E-state index in [0.717, 1.165) is 10.4 Å². The van der Waals surface area contributed by atoms with Gasteiger partial charge in [0.15, 0.2) is 5.82 Å². The first-order valence-electron chi connectivity index (χ1n) is 8.75. The molecule has 9 heteroatoms. The minimum atomic E-state index is -0.234. The maximum atomic E-state index is 12.3. The Hall–Kier alpha value is -3.33. The first-order valence-corrected chi connectivity index (χ1v) is 9.63. The van der Waals surface area contributed by atoms with Gasteiger partial charge in [-0.3, -0.25) is 9.36 Å². The summed E-state index contributed by atoms with van der Waals surface area (Å²) in [5, 5.41) is 8.82. The number of aromatic nitrogens is 5. The summed E-state index contributed by atoms with van der Waals surface area (Å²) in [6.07, 6.45) is 4.85. The van der Waals surface area contributed by atoms with E-state index in [1.807, 2.05) is 37.4 Å². The molecule has 0 aliphatic rings. The summed E-state index contributed by atoms with van der Waals surface area (Å²) in [6, 6.07) is 7.54. The number of rotatable bonds is 6. The zero-order chi connectivity index (χ0) is 19.5. The molecule has 0 fully saturated rings. The Morgan fingerprint density at radius 3 is 2.96 bits per heavy atom. The topological polar surface area (TPSA) is 98.7 Å². The van der Waals surface area contributed by atoms with Crippen molar-refractivity contribution in [2.75, 3.05) is 0 Å². The van der Waals surface area contributed by atoms with Gasteiger partial charge in [-0.15, -0.1) is 11.3 Å². The van der Waals surface area contributed by atoms with Crippen molar-refractivity contribution in [1.82, 2.24) is 30.0 Å². The molecule has 4 aromatic heterocycles. The maximum Gasteiger partial charge on any atom is 0.271 e. The minimum absolute atomic E-state index is 0.183. The molecule has 0 unspecified atom stereocenters. The van der Waals surface area contributed by atoms with E-state index in [0.29, 0.717) is 29.8 Å². The average molecular weight is 394 g/mol. The van der Waals surface area contributed by atoms with Crippen LogP contribution in [0.5, 0.6) is 0 Å². The van der Waals surface area contributed by atoms with E-state index < -0.39 is 0 Å². The van der Waals surface area contributed by atoms with Crippen LogP contribution in [0.2, 0.25) is 0 Å². The van der Waals surface area contributed by atoms with Gasteiger partial charge in [0.25, 0.3) is 11.8 Å². The molecule has 1 amide bonds. The van der Waals surface area contributed by atoms with Crippen LogP contribution in [0.3, 0.4) is 0 Å². The molecule has 142 valence electrons. The van der Waals surface area contributed by atoms with Gasteiger partial charge >= 0.3 is 0 Å². The Bertz CT molecular complexity index is 1080. The van der Waals surface area contributed by atoms with E-state index in [9.17, 15) is 4.79 Å². The Morgan fingerprint density at radius 2 is 2.21 bits per heavy atom. The number of hydrogen-bond acceptors (Lipinski definition) is 7. The predicted octanol–water partition coefficient (Wildman–Crippen LogP) is 3.43. The smallest absolute Gasteiger partial charge is 0.271 e. The van der Waals surface area contributed by atoms with Gasteiger partial charge in [0.2, 0.25) is 0 Å². The molecule has 0 spiro atoms. The van der Waals surface area contributed by atoms with Crippen LogP contribution in [0.25, 0.3) is 17.3 Å². The Balaban J connectivity index is 1.51. The van der Waals surface area contributed by atoms with E-state index >= 15 is 0 Å². The second-order valence-corrected chi connectivity index (χ2v) is 7.48. The lowest BCUT2D eigenvalue weighted by molar-refractivity contribution is 0.0947. The van der Waals surface area contributed by atoms with E-state index in [2.05, 4.69) is 25.4 Å². The summed E-state index contributed by atoms with van der Waals surface area (Å²) in [4.78, 5) is 26.3. The number of amides is 1. The quantitative estimate of drug-likeness (QED) is 0.538. The van der Waals surface area contributed by atoms with Crippen molar-refractivity contribution in [3.63, 3.8) is 0 Å². The summed E-state index contributed by atoms with van der Waals surface area (Å²) in [5.74, 6) is 1.64. The minimum Gasteiger partial charge on any atom is -0.346 e. The van der Waals surface area contributed by atoms with Crippen molar-refractivity contribution in [3.8, 4) is 17.3 Å². The van der Waals surface area contributed by atoms with Crippen LogP contribution in [0.15, 0.2) is 52.9 Å². The molecule has 4 rings (SSSR count). The first-order chi connectivity index (χ1) is 13.6. The number of nitrogens with zero attached hydrogens (tertiary/aromatic N) is 5. The van der Waals surface area contributed by atoms with Gasteiger partial charge in [0.05, 0.1) is 6.54 Å².